The number of nitrogens with one attached hydrogen (secondary N) is 2. The average Bonchev–Trinajstić information content (AvgIpc) is 2.81. The second-order valence-electron chi connectivity index (χ2n) is 7.50. The minimum absolute atomic E-state index is 0.100. The summed E-state index contributed by atoms with van der Waals surface area (Å²) < 4.78 is 10.7. The molecule has 1 saturated heterocycles. The molecule has 2 N–H and O–H groups in total. The zero-order chi connectivity index (χ0) is 22.3. The number of hydrogen-bond acceptors (Lipinski definition) is 7. The van der Waals surface area contributed by atoms with Crippen LogP contribution in [0.15, 0.2) is 54.6 Å². The fourth-order valence-electron chi connectivity index (χ4n) is 3.58. The molecule has 0 spiro atoms. The van der Waals surface area contributed by atoms with Crippen LogP contribution in [0.25, 0.3) is 0 Å². The van der Waals surface area contributed by atoms with E-state index >= 15 is 0 Å². The number of methoxy groups -OCH3 is 1. The molecule has 1 aliphatic rings. The molecule has 1 fully saturated rings. The summed E-state index contributed by atoms with van der Waals surface area (Å²) >= 11 is 0. The molecule has 0 bridgehead atoms. The number of carbonyl (C=O) groups is 1. The lowest BCUT2D eigenvalue weighted by molar-refractivity contribution is -0.115. The number of hydrogen-bond donors (Lipinski definition) is 2. The van der Waals surface area contributed by atoms with Crippen LogP contribution in [-0.4, -0.2) is 49.3 Å². The molecule has 0 saturated carbocycles. The number of aromatic nitrogens is 2. The molecule has 32 heavy (non-hydrogen) atoms. The summed E-state index contributed by atoms with van der Waals surface area (Å²) in [6.07, 6.45) is 0.245. The molecule has 1 aliphatic heterocycles. The van der Waals surface area contributed by atoms with Gasteiger partial charge in [0, 0.05) is 36.1 Å². The third-order valence-corrected chi connectivity index (χ3v) is 5.14. The maximum Gasteiger partial charge on any atom is 0.228 e. The molecular weight excluding hydrogens is 406 g/mol. The van der Waals surface area contributed by atoms with Crippen LogP contribution in [0.5, 0.6) is 5.75 Å². The van der Waals surface area contributed by atoms with Crippen molar-refractivity contribution in [1.82, 2.24) is 9.97 Å². The van der Waals surface area contributed by atoms with E-state index in [9.17, 15) is 4.79 Å². The monoisotopic (exact) mass is 433 g/mol. The highest BCUT2D eigenvalue weighted by molar-refractivity contribution is 5.92. The highest BCUT2D eigenvalue weighted by Gasteiger charge is 2.14. The van der Waals surface area contributed by atoms with E-state index in [0.29, 0.717) is 24.8 Å². The van der Waals surface area contributed by atoms with Gasteiger partial charge in [-0.3, -0.25) is 4.79 Å². The Kier molecular flexibility index (Phi) is 6.81. The molecule has 3 aromatic rings. The van der Waals surface area contributed by atoms with E-state index in [1.165, 1.54) is 0 Å². The minimum Gasteiger partial charge on any atom is -0.496 e. The minimum atomic E-state index is -0.100. The maximum absolute atomic E-state index is 12.4. The van der Waals surface area contributed by atoms with Crippen molar-refractivity contribution < 1.29 is 14.3 Å². The molecule has 2 heterocycles. The van der Waals surface area contributed by atoms with Gasteiger partial charge in [-0.15, -0.1) is 0 Å². The number of nitrogens with zero attached hydrogens (tertiary/aromatic N) is 3. The smallest absolute Gasteiger partial charge is 0.228 e. The van der Waals surface area contributed by atoms with Crippen LogP contribution < -0.4 is 20.3 Å². The van der Waals surface area contributed by atoms with E-state index in [2.05, 4.69) is 25.5 Å². The Hall–Kier alpha value is -3.65. The summed E-state index contributed by atoms with van der Waals surface area (Å²) in [7, 11) is 1.60. The lowest BCUT2D eigenvalue weighted by Gasteiger charge is -2.28. The molecule has 166 valence electrons. The normalized spacial score (nSPS) is 13.5. The Bertz CT molecular complexity index is 1070. The van der Waals surface area contributed by atoms with Crippen LogP contribution in [-0.2, 0) is 16.0 Å². The van der Waals surface area contributed by atoms with E-state index in [-0.39, 0.29) is 12.3 Å². The van der Waals surface area contributed by atoms with Crippen molar-refractivity contribution in [3.05, 3.63) is 66.0 Å². The largest absolute Gasteiger partial charge is 0.496 e. The number of para-hydroxylation sites is 1. The van der Waals surface area contributed by atoms with E-state index in [1.807, 2.05) is 61.5 Å². The molecular formula is C24H27N5O3. The predicted molar refractivity (Wildman–Crippen MR) is 125 cm³/mol. The van der Waals surface area contributed by atoms with Crippen molar-refractivity contribution in [2.24, 2.45) is 0 Å². The topological polar surface area (TPSA) is 88.6 Å². The second kappa shape index (κ2) is 10.1. The van der Waals surface area contributed by atoms with Crippen LogP contribution in [0.2, 0.25) is 0 Å². The van der Waals surface area contributed by atoms with Crippen molar-refractivity contribution >= 4 is 28.9 Å². The Morgan fingerprint density at radius 2 is 1.78 bits per heavy atom. The molecule has 0 aliphatic carbocycles. The number of ether oxygens (including phenoxy) is 2. The van der Waals surface area contributed by atoms with Crippen LogP contribution in [0, 0.1) is 6.92 Å². The van der Waals surface area contributed by atoms with E-state index in [4.69, 9.17) is 9.47 Å². The SMILES string of the molecule is COc1ccccc1CC(=O)Nc1ccc(Nc2cc(N3CCOCC3)nc(C)n2)cc1. The van der Waals surface area contributed by atoms with E-state index in [1.54, 1.807) is 7.11 Å². The lowest BCUT2D eigenvalue weighted by atomic mass is 10.1. The number of rotatable bonds is 7. The molecule has 8 heteroatoms. The highest BCUT2D eigenvalue weighted by atomic mass is 16.5. The third-order valence-electron chi connectivity index (χ3n) is 5.14. The number of carbonyl (C=O) groups excluding carboxylic acids is 1. The van der Waals surface area contributed by atoms with Crippen molar-refractivity contribution in [3.63, 3.8) is 0 Å². The number of morpholine rings is 1. The van der Waals surface area contributed by atoms with Crippen LogP contribution >= 0.6 is 0 Å². The van der Waals surface area contributed by atoms with Gasteiger partial charge < -0.3 is 25.0 Å². The van der Waals surface area contributed by atoms with Gasteiger partial charge in [0.1, 0.15) is 23.2 Å². The van der Waals surface area contributed by atoms with Gasteiger partial charge in [0.05, 0.1) is 26.7 Å². The van der Waals surface area contributed by atoms with Crippen molar-refractivity contribution in [3.8, 4) is 5.75 Å². The summed E-state index contributed by atoms with van der Waals surface area (Å²) in [6.45, 7) is 4.93. The number of amides is 1. The summed E-state index contributed by atoms with van der Waals surface area (Å²) in [5.74, 6) is 2.93. The van der Waals surface area contributed by atoms with Gasteiger partial charge in [-0.2, -0.15) is 0 Å². The van der Waals surface area contributed by atoms with Crippen LogP contribution in [0.4, 0.5) is 23.0 Å². The zero-order valence-electron chi connectivity index (χ0n) is 18.3. The first kappa shape index (κ1) is 21.6. The van der Waals surface area contributed by atoms with Gasteiger partial charge in [-0.1, -0.05) is 18.2 Å². The van der Waals surface area contributed by atoms with Gasteiger partial charge in [0.2, 0.25) is 5.91 Å². The number of anilines is 4. The van der Waals surface area contributed by atoms with Gasteiger partial charge in [0.15, 0.2) is 0 Å². The van der Waals surface area contributed by atoms with Gasteiger partial charge in [-0.05, 0) is 37.3 Å². The Labute approximate surface area is 187 Å². The van der Waals surface area contributed by atoms with E-state index < -0.39 is 0 Å². The van der Waals surface area contributed by atoms with Crippen LogP contribution in [0.1, 0.15) is 11.4 Å². The molecule has 2 aromatic carbocycles. The average molecular weight is 434 g/mol. The molecule has 1 aromatic heterocycles. The first-order valence-electron chi connectivity index (χ1n) is 10.6. The fraction of sp³-hybridized carbons (Fsp3) is 0.292. The van der Waals surface area contributed by atoms with Crippen molar-refractivity contribution in [1.29, 1.82) is 0 Å². The van der Waals surface area contributed by atoms with E-state index in [0.717, 1.165) is 41.7 Å². The molecule has 0 unspecified atom stereocenters. The fourth-order valence-corrected chi connectivity index (χ4v) is 3.58. The quantitative estimate of drug-likeness (QED) is 0.589. The van der Waals surface area contributed by atoms with Crippen molar-refractivity contribution in [2.45, 2.75) is 13.3 Å². The maximum atomic E-state index is 12.4. The Morgan fingerprint density at radius 1 is 1.06 bits per heavy atom. The lowest BCUT2D eigenvalue weighted by Crippen LogP contribution is -2.36. The molecule has 0 radical (unpaired) electrons. The zero-order valence-corrected chi connectivity index (χ0v) is 18.3. The van der Waals surface area contributed by atoms with Gasteiger partial charge in [-0.25, -0.2) is 9.97 Å². The standard InChI is InChI=1S/C24H27N5O3/c1-17-25-22(16-23(26-17)29-11-13-32-14-12-29)27-19-7-9-20(10-8-19)28-24(30)15-18-5-3-4-6-21(18)31-2/h3-10,16H,11-15H2,1-2H3,(H,28,30)(H,25,26,27). The van der Waals surface area contributed by atoms with Crippen LogP contribution in [0.3, 0.4) is 0 Å². The molecule has 4 rings (SSSR count). The molecule has 0 atom stereocenters. The summed E-state index contributed by atoms with van der Waals surface area (Å²) in [6, 6.07) is 17.0. The number of aryl methyl sites for hydroxylation is 1. The predicted octanol–water partition coefficient (Wildman–Crippen LogP) is 3.56. The highest BCUT2D eigenvalue weighted by Crippen LogP contribution is 2.23. The third kappa shape index (κ3) is 5.53. The Morgan fingerprint density at radius 3 is 2.53 bits per heavy atom. The first-order chi connectivity index (χ1) is 15.6. The summed E-state index contributed by atoms with van der Waals surface area (Å²) in [4.78, 5) is 23.7. The summed E-state index contributed by atoms with van der Waals surface area (Å²) in [5.41, 5.74) is 2.45. The first-order valence-corrected chi connectivity index (χ1v) is 10.6. The number of benzene rings is 2. The molecule has 1 amide bonds. The Balaban J connectivity index is 1.38. The second-order valence-corrected chi connectivity index (χ2v) is 7.50. The van der Waals surface area contributed by atoms with Gasteiger partial charge >= 0.3 is 0 Å². The van der Waals surface area contributed by atoms with Gasteiger partial charge in [0.25, 0.3) is 0 Å². The molecule has 8 nitrogen and oxygen atoms in total. The summed E-state index contributed by atoms with van der Waals surface area (Å²) in [5, 5.41) is 6.25. The van der Waals surface area contributed by atoms with Crippen molar-refractivity contribution in [2.75, 3.05) is 48.9 Å².